The third kappa shape index (κ3) is 2.26. The predicted octanol–water partition coefficient (Wildman–Crippen LogP) is 0.941. The number of nitrogens with zero attached hydrogens (tertiary/aromatic N) is 2. The van der Waals surface area contributed by atoms with E-state index in [0.717, 1.165) is 13.2 Å². The summed E-state index contributed by atoms with van der Waals surface area (Å²) >= 11 is 0. The van der Waals surface area contributed by atoms with Crippen LogP contribution in [-0.2, 0) is 7.05 Å². The molecule has 4 nitrogen and oxygen atoms in total. The van der Waals surface area contributed by atoms with Gasteiger partial charge in [0.25, 0.3) is 6.01 Å². The van der Waals surface area contributed by atoms with E-state index in [4.69, 9.17) is 4.74 Å². The Bertz CT molecular complexity index is 279. The van der Waals surface area contributed by atoms with Crippen molar-refractivity contribution in [3.63, 3.8) is 0 Å². The summed E-state index contributed by atoms with van der Waals surface area (Å²) in [6.07, 6.45) is 7.46. The van der Waals surface area contributed by atoms with Crippen LogP contribution in [0.25, 0.3) is 0 Å². The standard InChI is InChI=1S/C10H17N3O/c1-13-7-6-12-10(13)14-8-9-4-2-3-5-11-9/h6-7,9,11H,2-5,8H2,1H3. The van der Waals surface area contributed by atoms with Crippen molar-refractivity contribution in [3.8, 4) is 6.01 Å². The van der Waals surface area contributed by atoms with Gasteiger partial charge in [-0.05, 0) is 19.4 Å². The molecule has 1 aromatic heterocycles. The first-order chi connectivity index (χ1) is 6.86. The number of aromatic nitrogens is 2. The van der Waals surface area contributed by atoms with E-state index in [1.165, 1.54) is 19.3 Å². The predicted molar refractivity (Wildman–Crippen MR) is 54.3 cm³/mol. The number of piperidine rings is 1. The number of hydrogen-bond acceptors (Lipinski definition) is 3. The maximum atomic E-state index is 5.61. The second-order valence-electron chi connectivity index (χ2n) is 3.78. The number of aryl methyl sites for hydroxylation is 1. The number of nitrogens with one attached hydrogen (secondary N) is 1. The lowest BCUT2D eigenvalue weighted by Gasteiger charge is -2.23. The molecule has 1 atom stereocenters. The van der Waals surface area contributed by atoms with E-state index in [-0.39, 0.29) is 0 Å². The summed E-state index contributed by atoms with van der Waals surface area (Å²) in [5.74, 6) is 0. The van der Waals surface area contributed by atoms with Crippen molar-refractivity contribution in [3.05, 3.63) is 12.4 Å². The first-order valence-electron chi connectivity index (χ1n) is 5.20. The van der Waals surface area contributed by atoms with Crippen molar-refractivity contribution in [1.29, 1.82) is 0 Å². The van der Waals surface area contributed by atoms with E-state index in [1.807, 2.05) is 17.8 Å². The molecule has 0 bridgehead atoms. The summed E-state index contributed by atoms with van der Waals surface area (Å²) in [5.41, 5.74) is 0. The van der Waals surface area contributed by atoms with Crippen LogP contribution >= 0.6 is 0 Å². The SMILES string of the molecule is Cn1ccnc1OCC1CCCCN1. The summed E-state index contributed by atoms with van der Waals surface area (Å²) in [4.78, 5) is 4.11. The van der Waals surface area contributed by atoms with Crippen molar-refractivity contribution >= 4 is 0 Å². The molecular formula is C10H17N3O. The van der Waals surface area contributed by atoms with Gasteiger partial charge >= 0.3 is 0 Å². The van der Waals surface area contributed by atoms with Crippen LogP contribution in [0, 0.1) is 0 Å². The fourth-order valence-electron chi connectivity index (χ4n) is 1.73. The highest BCUT2D eigenvalue weighted by atomic mass is 16.5. The largest absolute Gasteiger partial charge is 0.463 e. The van der Waals surface area contributed by atoms with E-state index in [0.29, 0.717) is 12.1 Å². The van der Waals surface area contributed by atoms with Gasteiger partial charge in [-0.2, -0.15) is 0 Å². The Kier molecular flexibility index (Phi) is 3.03. The molecule has 1 aliphatic heterocycles. The molecule has 0 aromatic carbocycles. The molecule has 2 heterocycles. The highest BCUT2D eigenvalue weighted by Crippen LogP contribution is 2.09. The molecule has 0 spiro atoms. The van der Waals surface area contributed by atoms with Gasteiger partial charge in [0.2, 0.25) is 0 Å². The van der Waals surface area contributed by atoms with Crippen molar-refractivity contribution in [2.45, 2.75) is 25.3 Å². The monoisotopic (exact) mass is 195 g/mol. The minimum Gasteiger partial charge on any atom is -0.463 e. The van der Waals surface area contributed by atoms with Crippen LogP contribution in [-0.4, -0.2) is 28.7 Å². The second kappa shape index (κ2) is 4.46. The Hall–Kier alpha value is -1.03. The molecule has 2 rings (SSSR count). The van der Waals surface area contributed by atoms with Gasteiger partial charge in [0.15, 0.2) is 0 Å². The molecule has 1 aromatic rings. The van der Waals surface area contributed by atoms with Gasteiger partial charge in [-0.15, -0.1) is 0 Å². The maximum Gasteiger partial charge on any atom is 0.295 e. The molecule has 78 valence electrons. The normalized spacial score (nSPS) is 22.2. The number of hydrogen-bond donors (Lipinski definition) is 1. The van der Waals surface area contributed by atoms with Crippen LogP contribution in [0.3, 0.4) is 0 Å². The number of imidazole rings is 1. The quantitative estimate of drug-likeness (QED) is 0.780. The van der Waals surface area contributed by atoms with E-state index in [9.17, 15) is 0 Å². The van der Waals surface area contributed by atoms with E-state index >= 15 is 0 Å². The molecule has 0 aliphatic carbocycles. The van der Waals surface area contributed by atoms with E-state index < -0.39 is 0 Å². The summed E-state index contributed by atoms with van der Waals surface area (Å²) < 4.78 is 7.50. The van der Waals surface area contributed by atoms with Crippen LogP contribution in [0.15, 0.2) is 12.4 Å². The second-order valence-corrected chi connectivity index (χ2v) is 3.78. The van der Waals surface area contributed by atoms with Gasteiger partial charge in [0, 0.05) is 25.5 Å². The Morgan fingerprint density at radius 3 is 3.21 bits per heavy atom. The van der Waals surface area contributed by atoms with Crippen molar-refractivity contribution < 1.29 is 4.74 Å². The van der Waals surface area contributed by atoms with Crippen LogP contribution in [0.2, 0.25) is 0 Å². The Labute approximate surface area is 84.3 Å². The van der Waals surface area contributed by atoms with E-state index in [1.54, 1.807) is 6.20 Å². The molecule has 0 radical (unpaired) electrons. The molecule has 4 heteroatoms. The first kappa shape index (κ1) is 9.52. The van der Waals surface area contributed by atoms with Gasteiger partial charge in [-0.3, -0.25) is 0 Å². The molecule has 1 unspecified atom stereocenters. The lowest BCUT2D eigenvalue weighted by molar-refractivity contribution is 0.219. The third-order valence-corrected chi connectivity index (χ3v) is 2.60. The average molecular weight is 195 g/mol. The molecule has 0 amide bonds. The zero-order chi connectivity index (χ0) is 9.80. The smallest absolute Gasteiger partial charge is 0.295 e. The summed E-state index contributed by atoms with van der Waals surface area (Å²) in [6, 6.07) is 1.21. The molecule has 14 heavy (non-hydrogen) atoms. The maximum absolute atomic E-state index is 5.61. The average Bonchev–Trinajstić information content (AvgIpc) is 2.63. The van der Waals surface area contributed by atoms with Crippen LogP contribution in [0.4, 0.5) is 0 Å². The van der Waals surface area contributed by atoms with Crippen molar-refractivity contribution in [1.82, 2.24) is 14.9 Å². The van der Waals surface area contributed by atoms with Gasteiger partial charge in [-0.25, -0.2) is 4.98 Å². The van der Waals surface area contributed by atoms with Gasteiger partial charge in [0.1, 0.15) is 6.61 Å². The van der Waals surface area contributed by atoms with Gasteiger partial charge < -0.3 is 14.6 Å². The fourth-order valence-corrected chi connectivity index (χ4v) is 1.73. The van der Waals surface area contributed by atoms with E-state index in [2.05, 4.69) is 10.3 Å². The molecular weight excluding hydrogens is 178 g/mol. The highest BCUT2D eigenvalue weighted by Gasteiger charge is 2.13. The van der Waals surface area contributed by atoms with Crippen LogP contribution < -0.4 is 10.1 Å². The first-order valence-corrected chi connectivity index (χ1v) is 5.20. The van der Waals surface area contributed by atoms with Crippen LogP contribution in [0.1, 0.15) is 19.3 Å². The number of ether oxygens (including phenoxy) is 1. The zero-order valence-corrected chi connectivity index (χ0v) is 8.57. The molecule has 1 fully saturated rings. The summed E-state index contributed by atoms with van der Waals surface area (Å²) in [7, 11) is 1.94. The topological polar surface area (TPSA) is 39.1 Å². The summed E-state index contributed by atoms with van der Waals surface area (Å²) in [6.45, 7) is 1.85. The molecule has 0 saturated carbocycles. The number of rotatable bonds is 3. The Balaban J connectivity index is 1.79. The summed E-state index contributed by atoms with van der Waals surface area (Å²) in [5, 5.41) is 3.44. The van der Waals surface area contributed by atoms with Crippen LogP contribution in [0.5, 0.6) is 6.01 Å². The highest BCUT2D eigenvalue weighted by molar-refractivity contribution is 4.97. The minimum absolute atomic E-state index is 0.500. The Morgan fingerprint density at radius 2 is 2.57 bits per heavy atom. The lowest BCUT2D eigenvalue weighted by Crippen LogP contribution is -2.38. The molecule has 1 aliphatic rings. The minimum atomic E-state index is 0.500. The zero-order valence-electron chi connectivity index (χ0n) is 8.57. The lowest BCUT2D eigenvalue weighted by atomic mass is 10.1. The van der Waals surface area contributed by atoms with Crippen molar-refractivity contribution in [2.24, 2.45) is 7.05 Å². The fraction of sp³-hybridized carbons (Fsp3) is 0.700. The third-order valence-electron chi connectivity index (χ3n) is 2.60. The Morgan fingerprint density at radius 1 is 1.64 bits per heavy atom. The molecule has 1 N–H and O–H groups in total. The van der Waals surface area contributed by atoms with Gasteiger partial charge in [-0.1, -0.05) is 6.42 Å². The molecule has 1 saturated heterocycles. The van der Waals surface area contributed by atoms with Gasteiger partial charge in [0.05, 0.1) is 0 Å². The van der Waals surface area contributed by atoms with Crippen molar-refractivity contribution in [2.75, 3.05) is 13.2 Å².